The minimum atomic E-state index is -3.08. The molecule has 90 valence electrons. The molecule has 0 unspecified atom stereocenters. The summed E-state index contributed by atoms with van der Waals surface area (Å²) in [5.74, 6) is 0.229. The molecular weight excluding hydrogens is 212 g/mol. The van der Waals surface area contributed by atoms with Crippen molar-refractivity contribution < 1.29 is 8.42 Å². The molecule has 0 spiro atoms. The summed E-state index contributed by atoms with van der Waals surface area (Å²) in [7, 11) is -3.08. The van der Waals surface area contributed by atoms with Gasteiger partial charge in [0, 0.05) is 25.7 Å². The second-order valence-electron chi connectivity index (χ2n) is 5.53. The Bertz CT molecular complexity index is 306. The molecule has 5 heteroatoms. The number of hydrogen-bond donors (Lipinski definition) is 1. The molecule has 0 aromatic carbocycles. The Balaban J connectivity index is 2.69. The highest BCUT2D eigenvalue weighted by Crippen LogP contribution is 2.19. The van der Waals surface area contributed by atoms with Crippen molar-refractivity contribution in [1.82, 2.24) is 9.62 Å². The summed E-state index contributed by atoms with van der Waals surface area (Å²) >= 11 is 0. The van der Waals surface area contributed by atoms with Crippen molar-refractivity contribution in [3.8, 4) is 0 Å². The van der Waals surface area contributed by atoms with E-state index in [1.807, 2.05) is 27.7 Å². The van der Waals surface area contributed by atoms with E-state index in [2.05, 4.69) is 5.32 Å². The second kappa shape index (κ2) is 4.39. The smallest absolute Gasteiger partial charge is 0.214 e. The summed E-state index contributed by atoms with van der Waals surface area (Å²) in [4.78, 5) is 0. The summed E-state index contributed by atoms with van der Waals surface area (Å²) in [6.07, 6.45) is 0. The van der Waals surface area contributed by atoms with E-state index in [1.54, 1.807) is 4.31 Å². The van der Waals surface area contributed by atoms with E-state index < -0.39 is 10.0 Å². The molecule has 1 atom stereocenters. The average Bonchev–Trinajstić information content (AvgIpc) is 1.99. The molecule has 1 rings (SSSR count). The van der Waals surface area contributed by atoms with Gasteiger partial charge in [0.15, 0.2) is 0 Å². The highest BCUT2D eigenvalue weighted by atomic mass is 32.2. The van der Waals surface area contributed by atoms with Gasteiger partial charge in [-0.3, -0.25) is 0 Å². The zero-order valence-electron chi connectivity index (χ0n) is 10.1. The highest BCUT2D eigenvalue weighted by molar-refractivity contribution is 7.89. The molecule has 0 aliphatic carbocycles. The Morgan fingerprint density at radius 3 is 2.47 bits per heavy atom. The number of nitrogens with zero attached hydrogens (tertiary/aromatic N) is 1. The van der Waals surface area contributed by atoms with Crippen molar-refractivity contribution in [2.75, 3.05) is 25.4 Å². The third-order valence-corrected chi connectivity index (χ3v) is 4.69. The fourth-order valence-corrected chi connectivity index (χ4v) is 3.89. The third-order valence-electron chi connectivity index (χ3n) is 2.34. The summed E-state index contributed by atoms with van der Waals surface area (Å²) in [6.45, 7) is 9.83. The van der Waals surface area contributed by atoms with E-state index in [4.69, 9.17) is 0 Å². The first-order valence-corrected chi connectivity index (χ1v) is 7.03. The summed E-state index contributed by atoms with van der Waals surface area (Å²) in [6, 6.07) is 0.258. The Kier molecular flexibility index (Phi) is 3.79. The molecular formula is C10H22N2O2S. The van der Waals surface area contributed by atoms with Gasteiger partial charge in [-0.15, -0.1) is 0 Å². The molecule has 0 saturated carbocycles. The van der Waals surface area contributed by atoms with Gasteiger partial charge >= 0.3 is 0 Å². The van der Waals surface area contributed by atoms with Crippen LogP contribution >= 0.6 is 0 Å². The molecule has 1 heterocycles. The quantitative estimate of drug-likeness (QED) is 0.763. The first-order valence-electron chi connectivity index (χ1n) is 5.42. The minimum Gasteiger partial charge on any atom is -0.312 e. The van der Waals surface area contributed by atoms with Crippen molar-refractivity contribution >= 4 is 10.0 Å². The van der Waals surface area contributed by atoms with Crippen LogP contribution in [-0.4, -0.2) is 44.2 Å². The van der Waals surface area contributed by atoms with E-state index in [0.717, 1.165) is 6.54 Å². The monoisotopic (exact) mass is 234 g/mol. The van der Waals surface area contributed by atoms with Gasteiger partial charge in [-0.2, -0.15) is 4.31 Å². The molecule has 4 nitrogen and oxygen atoms in total. The van der Waals surface area contributed by atoms with Crippen molar-refractivity contribution in [3.63, 3.8) is 0 Å². The molecule has 1 fully saturated rings. The van der Waals surface area contributed by atoms with Crippen LogP contribution in [-0.2, 0) is 10.0 Å². The van der Waals surface area contributed by atoms with Gasteiger partial charge in [-0.25, -0.2) is 8.42 Å². The lowest BCUT2D eigenvalue weighted by atomic mass is 10.0. The van der Waals surface area contributed by atoms with E-state index in [1.165, 1.54) is 0 Å². The zero-order chi connectivity index (χ0) is 11.7. The van der Waals surface area contributed by atoms with Gasteiger partial charge in [0.25, 0.3) is 0 Å². The number of nitrogens with one attached hydrogen (secondary N) is 1. The Labute approximate surface area is 93.1 Å². The van der Waals surface area contributed by atoms with Crippen LogP contribution in [0.25, 0.3) is 0 Å². The van der Waals surface area contributed by atoms with Crippen molar-refractivity contribution in [3.05, 3.63) is 0 Å². The van der Waals surface area contributed by atoms with Crippen LogP contribution in [0.3, 0.4) is 0 Å². The van der Waals surface area contributed by atoms with E-state index >= 15 is 0 Å². The van der Waals surface area contributed by atoms with Gasteiger partial charge < -0.3 is 5.32 Å². The van der Waals surface area contributed by atoms with Gasteiger partial charge in [0.2, 0.25) is 10.0 Å². The zero-order valence-corrected chi connectivity index (χ0v) is 10.9. The second-order valence-corrected chi connectivity index (χ2v) is 7.50. The van der Waals surface area contributed by atoms with Crippen LogP contribution in [0.1, 0.15) is 27.7 Å². The fourth-order valence-electron chi connectivity index (χ4n) is 1.79. The van der Waals surface area contributed by atoms with Crippen LogP contribution in [0.15, 0.2) is 0 Å². The van der Waals surface area contributed by atoms with Gasteiger partial charge in [0.1, 0.15) is 0 Å². The van der Waals surface area contributed by atoms with E-state index in [9.17, 15) is 8.42 Å². The molecule has 15 heavy (non-hydrogen) atoms. The maximum Gasteiger partial charge on any atom is 0.214 e. The minimum absolute atomic E-state index is 0.174. The molecule has 1 N–H and O–H groups in total. The molecule has 0 radical (unpaired) electrons. The molecule has 0 aromatic heterocycles. The summed E-state index contributed by atoms with van der Waals surface area (Å²) in [5, 5.41) is 3.24. The van der Waals surface area contributed by atoms with Crippen molar-refractivity contribution in [2.24, 2.45) is 5.41 Å². The first-order chi connectivity index (χ1) is 6.71. The number of sulfonamides is 1. The normalized spacial score (nSPS) is 25.5. The fraction of sp³-hybridized carbons (Fsp3) is 1.00. The van der Waals surface area contributed by atoms with Crippen LogP contribution in [0.4, 0.5) is 0 Å². The molecule has 0 amide bonds. The predicted octanol–water partition coefficient (Wildman–Crippen LogP) is 0.656. The summed E-state index contributed by atoms with van der Waals surface area (Å²) in [5.41, 5.74) is -0.174. The lowest BCUT2D eigenvalue weighted by Crippen LogP contribution is -2.52. The van der Waals surface area contributed by atoms with Crippen molar-refractivity contribution in [1.29, 1.82) is 0 Å². The van der Waals surface area contributed by atoms with Crippen LogP contribution < -0.4 is 5.32 Å². The average molecular weight is 234 g/mol. The van der Waals surface area contributed by atoms with Crippen LogP contribution in [0, 0.1) is 5.41 Å². The maximum atomic E-state index is 12.0. The molecule has 0 bridgehead atoms. The van der Waals surface area contributed by atoms with Gasteiger partial charge in [-0.05, 0) is 12.3 Å². The maximum absolute atomic E-state index is 12.0. The molecule has 1 aliphatic heterocycles. The van der Waals surface area contributed by atoms with Gasteiger partial charge in [0.05, 0.1) is 5.75 Å². The topological polar surface area (TPSA) is 49.4 Å². The van der Waals surface area contributed by atoms with Crippen LogP contribution in [0.5, 0.6) is 0 Å². The Hall–Kier alpha value is -0.130. The Morgan fingerprint density at radius 1 is 1.40 bits per heavy atom. The summed E-state index contributed by atoms with van der Waals surface area (Å²) < 4.78 is 25.7. The lowest BCUT2D eigenvalue weighted by Gasteiger charge is -2.33. The molecule has 0 aromatic rings. The SMILES string of the molecule is C[C@@H]1CN(S(=O)(=O)CC(C)(C)C)CCN1. The standard InChI is InChI=1S/C10H22N2O2S/c1-9-7-12(6-5-11-9)15(13,14)8-10(2,3)4/h9,11H,5-8H2,1-4H3/t9-/m1/s1. The van der Waals surface area contributed by atoms with Crippen LogP contribution in [0.2, 0.25) is 0 Å². The first kappa shape index (κ1) is 12.9. The molecule has 1 aliphatic rings. The molecule has 1 saturated heterocycles. The largest absolute Gasteiger partial charge is 0.312 e. The number of piperazine rings is 1. The lowest BCUT2D eigenvalue weighted by molar-refractivity contribution is 0.304. The van der Waals surface area contributed by atoms with Crippen molar-refractivity contribution in [2.45, 2.75) is 33.7 Å². The van der Waals surface area contributed by atoms with E-state index in [-0.39, 0.29) is 17.2 Å². The third kappa shape index (κ3) is 4.09. The Morgan fingerprint density at radius 2 is 2.00 bits per heavy atom. The van der Waals surface area contributed by atoms with E-state index in [0.29, 0.717) is 13.1 Å². The number of rotatable bonds is 2. The predicted molar refractivity (Wildman–Crippen MR) is 62.3 cm³/mol. The highest BCUT2D eigenvalue weighted by Gasteiger charge is 2.30. The van der Waals surface area contributed by atoms with Gasteiger partial charge in [-0.1, -0.05) is 20.8 Å². The number of hydrogen-bond acceptors (Lipinski definition) is 3.